The van der Waals surface area contributed by atoms with Crippen molar-refractivity contribution >= 4 is 23.6 Å². The van der Waals surface area contributed by atoms with Crippen molar-refractivity contribution in [2.24, 2.45) is 0 Å². The molecule has 3 amide bonds. The van der Waals surface area contributed by atoms with Crippen LogP contribution in [-0.2, 0) is 16.1 Å². The first kappa shape index (κ1) is 25.6. The lowest BCUT2D eigenvalue weighted by Gasteiger charge is -2.47. The Morgan fingerprint density at radius 2 is 1.81 bits per heavy atom. The maximum Gasteiger partial charge on any atom is 0.412 e. The van der Waals surface area contributed by atoms with Gasteiger partial charge >= 0.3 is 6.09 Å². The summed E-state index contributed by atoms with van der Waals surface area (Å²) >= 11 is 0. The molecule has 11 heteroatoms. The number of benzene rings is 1. The molecular weight excluding hydrogens is 462 g/mol. The Bertz CT molecular complexity index is 1100. The predicted octanol–water partition coefficient (Wildman–Crippen LogP) is 1.99. The monoisotopic (exact) mass is 497 g/mol. The molecule has 2 fully saturated rings. The van der Waals surface area contributed by atoms with Crippen molar-refractivity contribution in [3.63, 3.8) is 0 Å². The summed E-state index contributed by atoms with van der Waals surface area (Å²) in [5.74, 6) is -0.0600. The predicted molar refractivity (Wildman–Crippen MR) is 134 cm³/mol. The zero-order chi connectivity index (χ0) is 25.9. The lowest BCUT2D eigenvalue weighted by molar-refractivity contribution is -0.135. The minimum Gasteiger partial charge on any atom is -0.444 e. The van der Waals surface area contributed by atoms with E-state index < -0.39 is 11.7 Å². The van der Waals surface area contributed by atoms with Crippen molar-refractivity contribution in [1.29, 1.82) is 0 Å². The van der Waals surface area contributed by atoms with E-state index in [4.69, 9.17) is 4.74 Å². The quantitative estimate of drug-likeness (QED) is 0.672. The van der Waals surface area contributed by atoms with Crippen LogP contribution in [0.25, 0.3) is 0 Å². The smallest absolute Gasteiger partial charge is 0.412 e. The number of hydrogen-bond donors (Lipinski definition) is 1. The van der Waals surface area contributed by atoms with Gasteiger partial charge in [0, 0.05) is 57.9 Å². The summed E-state index contributed by atoms with van der Waals surface area (Å²) in [5, 5.41) is 10.4. The Hall–Kier alpha value is -3.47. The molecule has 1 unspecified atom stereocenters. The standard InChI is InChI=1S/C25H35N7O4/c1-18-5-6-21(27-24(35)36-25(2,3)4)20(15-18)23(34)31-14-12-29-11-13-30(16-19(29)17-31)22(33)7-9-32-10-8-26-28-32/h5-6,8,10,15,19H,7,9,11-14,16-17H2,1-4H3,(H,27,35). The molecule has 1 atom stereocenters. The van der Waals surface area contributed by atoms with Crippen LogP contribution in [-0.4, -0.2) is 98.5 Å². The van der Waals surface area contributed by atoms with Gasteiger partial charge in [0.2, 0.25) is 5.91 Å². The average molecular weight is 498 g/mol. The van der Waals surface area contributed by atoms with E-state index in [9.17, 15) is 14.4 Å². The van der Waals surface area contributed by atoms with Crippen LogP contribution in [0.15, 0.2) is 30.6 Å². The van der Waals surface area contributed by atoms with Gasteiger partial charge < -0.3 is 14.5 Å². The number of rotatable bonds is 5. The van der Waals surface area contributed by atoms with Crippen LogP contribution < -0.4 is 5.32 Å². The minimum absolute atomic E-state index is 0.0684. The minimum atomic E-state index is -0.644. The Balaban J connectivity index is 1.40. The third-order valence-corrected chi connectivity index (χ3v) is 6.40. The number of anilines is 1. The number of carbonyl (C=O) groups is 3. The molecule has 11 nitrogen and oxygen atoms in total. The zero-order valence-electron chi connectivity index (χ0n) is 21.4. The number of aromatic nitrogens is 3. The van der Waals surface area contributed by atoms with E-state index in [0.717, 1.165) is 18.7 Å². The summed E-state index contributed by atoms with van der Waals surface area (Å²) in [5.41, 5.74) is 1.14. The number of hydrogen-bond acceptors (Lipinski definition) is 7. The summed E-state index contributed by atoms with van der Waals surface area (Å²) in [6, 6.07) is 5.45. The highest BCUT2D eigenvalue weighted by Crippen LogP contribution is 2.24. The van der Waals surface area contributed by atoms with Gasteiger partial charge in [0.1, 0.15) is 5.60 Å². The molecule has 0 spiro atoms. The maximum atomic E-state index is 13.6. The summed E-state index contributed by atoms with van der Waals surface area (Å²) in [6.07, 6.45) is 3.10. The van der Waals surface area contributed by atoms with Crippen LogP contribution in [0, 0.1) is 6.92 Å². The number of piperazine rings is 2. The van der Waals surface area contributed by atoms with E-state index >= 15 is 0 Å². The van der Waals surface area contributed by atoms with Gasteiger partial charge in [0.05, 0.1) is 24.0 Å². The summed E-state index contributed by atoms with van der Waals surface area (Å²) in [4.78, 5) is 44.8. The van der Waals surface area contributed by atoms with Gasteiger partial charge in [-0.3, -0.25) is 24.5 Å². The van der Waals surface area contributed by atoms with Gasteiger partial charge in [-0.15, -0.1) is 5.10 Å². The number of carbonyl (C=O) groups excluding carboxylic acids is 3. The molecule has 0 saturated carbocycles. The molecule has 1 N–H and O–H groups in total. The molecule has 2 aliphatic rings. The molecule has 0 aliphatic carbocycles. The van der Waals surface area contributed by atoms with E-state index in [-0.39, 0.29) is 17.9 Å². The Kier molecular flexibility index (Phi) is 7.58. The van der Waals surface area contributed by atoms with Crippen LogP contribution in [0.3, 0.4) is 0 Å². The van der Waals surface area contributed by atoms with Crippen molar-refractivity contribution in [2.45, 2.75) is 52.3 Å². The highest BCUT2D eigenvalue weighted by atomic mass is 16.6. The molecule has 3 heterocycles. The van der Waals surface area contributed by atoms with Crippen LogP contribution >= 0.6 is 0 Å². The summed E-state index contributed by atoms with van der Waals surface area (Å²) < 4.78 is 7.03. The number of ether oxygens (including phenoxy) is 1. The normalized spacial score (nSPS) is 18.5. The number of nitrogens with zero attached hydrogens (tertiary/aromatic N) is 6. The van der Waals surface area contributed by atoms with E-state index in [1.165, 1.54) is 0 Å². The lowest BCUT2D eigenvalue weighted by atomic mass is 10.0. The summed E-state index contributed by atoms with van der Waals surface area (Å²) in [6.45, 7) is 11.7. The zero-order valence-corrected chi connectivity index (χ0v) is 21.4. The molecule has 194 valence electrons. The Labute approximate surface area is 211 Å². The van der Waals surface area contributed by atoms with Gasteiger partial charge in [-0.2, -0.15) is 0 Å². The van der Waals surface area contributed by atoms with Crippen molar-refractivity contribution in [2.75, 3.05) is 44.6 Å². The number of amides is 3. The van der Waals surface area contributed by atoms with Crippen LogP contribution in [0.5, 0.6) is 0 Å². The van der Waals surface area contributed by atoms with E-state index in [2.05, 4.69) is 20.5 Å². The third kappa shape index (κ3) is 6.39. The number of nitrogens with one attached hydrogen (secondary N) is 1. The molecular formula is C25H35N7O4. The molecule has 0 radical (unpaired) electrons. The molecule has 4 rings (SSSR count). The fourth-order valence-corrected chi connectivity index (χ4v) is 4.61. The molecule has 2 aliphatic heterocycles. The van der Waals surface area contributed by atoms with Gasteiger partial charge in [-0.1, -0.05) is 16.8 Å². The van der Waals surface area contributed by atoms with Gasteiger partial charge in [0.15, 0.2) is 0 Å². The second-order valence-corrected chi connectivity index (χ2v) is 10.4. The van der Waals surface area contributed by atoms with Crippen LogP contribution in [0.4, 0.5) is 10.5 Å². The highest BCUT2D eigenvalue weighted by Gasteiger charge is 2.36. The van der Waals surface area contributed by atoms with Gasteiger partial charge in [0.25, 0.3) is 5.91 Å². The molecule has 0 bridgehead atoms. The van der Waals surface area contributed by atoms with Gasteiger partial charge in [-0.05, 0) is 39.8 Å². The largest absolute Gasteiger partial charge is 0.444 e. The molecule has 1 aromatic heterocycles. The number of fused-ring (bicyclic) bond motifs is 1. The maximum absolute atomic E-state index is 13.6. The number of aryl methyl sites for hydroxylation is 2. The molecule has 2 aromatic rings. The molecule has 2 saturated heterocycles. The first-order valence-corrected chi connectivity index (χ1v) is 12.3. The van der Waals surface area contributed by atoms with E-state index in [1.54, 1.807) is 50.0 Å². The Morgan fingerprint density at radius 1 is 1.08 bits per heavy atom. The van der Waals surface area contributed by atoms with Crippen molar-refractivity contribution < 1.29 is 19.1 Å². The van der Waals surface area contributed by atoms with E-state index in [1.807, 2.05) is 22.8 Å². The second kappa shape index (κ2) is 10.7. The lowest BCUT2D eigenvalue weighted by Crippen LogP contribution is -2.63. The average Bonchev–Trinajstić information content (AvgIpc) is 3.35. The second-order valence-electron chi connectivity index (χ2n) is 10.4. The fourth-order valence-electron chi connectivity index (χ4n) is 4.61. The van der Waals surface area contributed by atoms with Crippen molar-refractivity contribution in [1.82, 2.24) is 29.7 Å². The first-order valence-electron chi connectivity index (χ1n) is 12.3. The molecule has 36 heavy (non-hydrogen) atoms. The van der Waals surface area contributed by atoms with Gasteiger partial charge in [-0.25, -0.2) is 4.79 Å². The van der Waals surface area contributed by atoms with Crippen LogP contribution in [0.2, 0.25) is 0 Å². The van der Waals surface area contributed by atoms with Crippen LogP contribution in [0.1, 0.15) is 43.1 Å². The highest BCUT2D eigenvalue weighted by molar-refractivity contribution is 6.03. The summed E-state index contributed by atoms with van der Waals surface area (Å²) in [7, 11) is 0. The third-order valence-electron chi connectivity index (χ3n) is 6.40. The fraction of sp³-hybridized carbons (Fsp3) is 0.560. The van der Waals surface area contributed by atoms with Crippen molar-refractivity contribution in [3.8, 4) is 0 Å². The molecule has 1 aromatic carbocycles. The topological polar surface area (TPSA) is 113 Å². The first-order chi connectivity index (χ1) is 17.1. The van der Waals surface area contributed by atoms with E-state index in [0.29, 0.717) is 50.4 Å². The van der Waals surface area contributed by atoms with Crippen molar-refractivity contribution in [3.05, 3.63) is 41.7 Å². The Morgan fingerprint density at radius 3 is 2.50 bits per heavy atom. The SMILES string of the molecule is Cc1ccc(NC(=O)OC(C)(C)C)c(C(=O)N2CCN3CCN(C(=O)CCn4ccnn4)CC3C2)c1.